The summed E-state index contributed by atoms with van der Waals surface area (Å²) < 4.78 is 0. The summed E-state index contributed by atoms with van der Waals surface area (Å²) in [5.41, 5.74) is 2.58. The molecule has 6 heteroatoms. The van der Waals surface area contributed by atoms with Crippen molar-refractivity contribution in [2.24, 2.45) is 5.92 Å². The molecule has 0 bridgehead atoms. The smallest absolute Gasteiger partial charge is 0.272 e. The number of carbonyl (C=O) groups is 1. The van der Waals surface area contributed by atoms with Gasteiger partial charge in [0.15, 0.2) is 5.69 Å². The predicted molar refractivity (Wildman–Crippen MR) is 96.9 cm³/mol. The van der Waals surface area contributed by atoms with Gasteiger partial charge in [0.2, 0.25) is 0 Å². The van der Waals surface area contributed by atoms with E-state index in [0.29, 0.717) is 24.7 Å². The average molecular weight is 331 g/mol. The minimum absolute atomic E-state index is 0.112. The summed E-state index contributed by atoms with van der Waals surface area (Å²) in [7, 11) is 0. The Labute approximate surface area is 144 Å². The molecule has 0 spiro atoms. The first kappa shape index (κ1) is 18.4. The van der Waals surface area contributed by atoms with Gasteiger partial charge in [-0.1, -0.05) is 26.0 Å². The van der Waals surface area contributed by atoms with Crippen molar-refractivity contribution in [1.29, 1.82) is 0 Å². The molecule has 0 aromatic carbocycles. The van der Waals surface area contributed by atoms with Crippen LogP contribution in [-0.2, 0) is 13.0 Å². The number of nitrogens with one attached hydrogen (secondary N) is 3. The third-order valence-corrected chi connectivity index (χ3v) is 4.46. The van der Waals surface area contributed by atoms with E-state index < -0.39 is 0 Å². The van der Waals surface area contributed by atoms with Crippen LogP contribution in [0.2, 0.25) is 0 Å². The van der Waals surface area contributed by atoms with Crippen LogP contribution >= 0.6 is 0 Å². The number of H-pyrrole nitrogens is 1. The van der Waals surface area contributed by atoms with Crippen molar-refractivity contribution in [3.63, 3.8) is 0 Å². The van der Waals surface area contributed by atoms with Gasteiger partial charge in [-0.25, -0.2) is 0 Å². The molecule has 0 fully saturated rings. The van der Waals surface area contributed by atoms with Crippen LogP contribution < -0.4 is 10.6 Å². The standard InChI is InChI=1S/C18H29N5O/c1-5-9-23(10-6-2)16(13(3)4)12-20-18(24)17-14-11-19-8-7-15(14)21-22-17/h5-6,13,16,19H,1-2,7-12H2,3-4H3,(H,20,24)(H,21,22). The minimum Gasteiger partial charge on any atom is -0.349 e. The lowest BCUT2D eigenvalue weighted by atomic mass is 10.0. The Morgan fingerprint density at radius 2 is 2.08 bits per heavy atom. The highest BCUT2D eigenvalue weighted by molar-refractivity contribution is 5.94. The van der Waals surface area contributed by atoms with Gasteiger partial charge in [0.05, 0.1) is 0 Å². The van der Waals surface area contributed by atoms with Gasteiger partial charge >= 0.3 is 0 Å². The summed E-state index contributed by atoms with van der Waals surface area (Å²) in [5.74, 6) is 0.291. The molecule has 1 aliphatic rings. The van der Waals surface area contributed by atoms with Crippen molar-refractivity contribution in [2.75, 3.05) is 26.2 Å². The SMILES string of the molecule is C=CCN(CC=C)C(CNC(=O)c1n[nH]c2c1CNCC2)C(C)C. The Morgan fingerprint density at radius 1 is 1.38 bits per heavy atom. The van der Waals surface area contributed by atoms with Crippen LogP contribution in [0.15, 0.2) is 25.3 Å². The third kappa shape index (κ3) is 4.33. The number of aromatic nitrogens is 2. The highest BCUT2D eigenvalue weighted by atomic mass is 16.1. The molecule has 0 saturated heterocycles. The van der Waals surface area contributed by atoms with Crippen molar-refractivity contribution < 1.29 is 4.79 Å². The molecule has 2 heterocycles. The number of rotatable bonds is 9. The van der Waals surface area contributed by atoms with Gasteiger partial charge in [0.25, 0.3) is 5.91 Å². The summed E-state index contributed by atoms with van der Waals surface area (Å²) in [6, 6.07) is 0.220. The monoisotopic (exact) mass is 331 g/mol. The summed E-state index contributed by atoms with van der Waals surface area (Å²) in [4.78, 5) is 14.8. The van der Waals surface area contributed by atoms with Gasteiger partial charge < -0.3 is 10.6 Å². The number of aromatic amines is 1. The normalized spacial score (nSPS) is 15.2. The lowest BCUT2D eigenvalue weighted by molar-refractivity contribution is 0.0920. The number of fused-ring (bicyclic) bond motifs is 1. The van der Waals surface area contributed by atoms with E-state index in [0.717, 1.165) is 37.3 Å². The van der Waals surface area contributed by atoms with Crippen molar-refractivity contribution in [1.82, 2.24) is 25.7 Å². The summed E-state index contributed by atoms with van der Waals surface area (Å²) >= 11 is 0. The van der Waals surface area contributed by atoms with Gasteiger partial charge in [-0.3, -0.25) is 14.8 Å². The molecule has 0 aliphatic carbocycles. The van der Waals surface area contributed by atoms with Crippen LogP contribution in [0.3, 0.4) is 0 Å². The number of hydrogen-bond acceptors (Lipinski definition) is 4. The molecule has 1 aromatic heterocycles. The number of carbonyl (C=O) groups excluding carboxylic acids is 1. The van der Waals surface area contributed by atoms with E-state index in [-0.39, 0.29) is 11.9 Å². The first-order valence-electron chi connectivity index (χ1n) is 8.59. The van der Waals surface area contributed by atoms with Gasteiger partial charge in [-0.15, -0.1) is 13.2 Å². The molecular formula is C18H29N5O. The van der Waals surface area contributed by atoms with E-state index in [4.69, 9.17) is 0 Å². The fourth-order valence-corrected chi connectivity index (χ4v) is 3.16. The van der Waals surface area contributed by atoms with Crippen LogP contribution in [0.4, 0.5) is 0 Å². The van der Waals surface area contributed by atoms with Crippen LogP contribution in [0.1, 0.15) is 35.6 Å². The second-order valence-electron chi connectivity index (χ2n) is 6.51. The Bertz CT molecular complexity index is 568. The molecule has 2 rings (SSSR count). The molecule has 1 aliphatic heterocycles. The largest absolute Gasteiger partial charge is 0.349 e. The number of hydrogen-bond donors (Lipinski definition) is 3. The van der Waals surface area contributed by atoms with Gasteiger partial charge in [0.1, 0.15) is 0 Å². The van der Waals surface area contributed by atoms with E-state index in [2.05, 4.69) is 52.7 Å². The number of nitrogens with zero attached hydrogens (tertiary/aromatic N) is 2. The molecule has 1 unspecified atom stereocenters. The zero-order valence-corrected chi connectivity index (χ0v) is 14.8. The number of amides is 1. The Balaban J connectivity index is 2.03. The van der Waals surface area contributed by atoms with Crippen molar-refractivity contribution in [3.8, 4) is 0 Å². The quantitative estimate of drug-likeness (QED) is 0.599. The summed E-state index contributed by atoms with van der Waals surface area (Å²) in [5, 5.41) is 13.5. The first-order chi connectivity index (χ1) is 11.6. The maximum Gasteiger partial charge on any atom is 0.272 e. The highest BCUT2D eigenvalue weighted by Gasteiger charge is 2.24. The van der Waals surface area contributed by atoms with Crippen LogP contribution in [0.5, 0.6) is 0 Å². The molecule has 0 radical (unpaired) electrons. The van der Waals surface area contributed by atoms with Crippen molar-refractivity contribution >= 4 is 5.91 Å². The average Bonchev–Trinajstić information content (AvgIpc) is 2.99. The van der Waals surface area contributed by atoms with Gasteiger partial charge in [0, 0.05) is 56.4 Å². The van der Waals surface area contributed by atoms with E-state index in [9.17, 15) is 4.79 Å². The Morgan fingerprint density at radius 3 is 2.71 bits per heavy atom. The second kappa shape index (κ2) is 8.80. The minimum atomic E-state index is -0.112. The van der Waals surface area contributed by atoms with E-state index >= 15 is 0 Å². The first-order valence-corrected chi connectivity index (χ1v) is 8.59. The lowest BCUT2D eigenvalue weighted by Crippen LogP contribution is -2.47. The van der Waals surface area contributed by atoms with Gasteiger partial charge in [-0.2, -0.15) is 5.10 Å². The maximum absolute atomic E-state index is 12.6. The molecule has 132 valence electrons. The maximum atomic E-state index is 12.6. The molecule has 1 atom stereocenters. The fourth-order valence-electron chi connectivity index (χ4n) is 3.16. The molecule has 3 N–H and O–H groups in total. The zero-order chi connectivity index (χ0) is 17.5. The second-order valence-corrected chi connectivity index (χ2v) is 6.51. The predicted octanol–water partition coefficient (Wildman–Crippen LogP) is 1.48. The van der Waals surface area contributed by atoms with Crippen LogP contribution in [0.25, 0.3) is 0 Å². The highest BCUT2D eigenvalue weighted by Crippen LogP contribution is 2.16. The van der Waals surface area contributed by atoms with Crippen LogP contribution in [0, 0.1) is 5.92 Å². The van der Waals surface area contributed by atoms with Gasteiger partial charge in [-0.05, 0) is 5.92 Å². The molecule has 1 aromatic rings. The molecule has 0 saturated carbocycles. The third-order valence-electron chi connectivity index (χ3n) is 4.46. The van der Waals surface area contributed by atoms with Crippen molar-refractivity contribution in [2.45, 2.75) is 32.9 Å². The molecular weight excluding hydrogens is 302 g/mol. The molecule has 1 amide bonds. The zero-order valence-electron chi connectivity index (χ0n) is 14.8. The van der Waals surface area contributed by atoms with E-state index in [1.165, 1.54) is 0 Å². The van der Waals surface area contributed by atoms with Crippen LogP contribution in [-0.4, -0.2) is 53.2 Å². The molecule has 24 heavy (non-hydrogen) atoms. The van der Waals surface area contributed by atoms with E-state index in [1.54, 1.807) is 0 Å². The van der Waals surface area contributed by atoms with Crippen molar-refractivity contribution in [3.05, 3.63) is 42.3 Å². The topological polar surface area (TPSA) is 73.0 Å². The summed E-state index contributed by atoms with van der Waals surface area (Å²) in [6.45, 7) is 15.7. The lowest BCUT2D eigenvalue weighted by Gasteiger charge is -2.33. The Kier molecular flexibility index (Phi) is 6.75. The van der Waals surface area contributed by atoms with E-state index in [1.807, 2.05) is 12.2 Å². The fraction of sp³-hybridized carbons (Fsp3) is 0.556. The molecule has 6 nitrogen and oxygen atoms in total. The summed E-state index contributed by atoms with van der Waals surface area (Å²) in [6.07, 6.45) is 4.66. The Hall–Kier alpha value is -1.92.